The molecule has 0 aliphatic carbocycles. The molecule has 1 aliphatic rings. The fraction of sp³-hybridized carbons (Fsp3) is 0.235. The number of amides is 1. The number of halogens is 1. The van der Waals surface area contributed by atoms with Crippen molar-refractivity contribution in [3.05, 3.63) is 59.4 Å². The van der Waals surface area contributed by atoms with Crippen LogP contribution in [0.2, 0.25) is 0 Å². The van der Waals surface area contributed by atoms with Gasteiger partial charge in [-0.15, -0.1) is 0 Å². The predicted molar refractivity (Wildman–Crippen MR) is 79.4 cm³/mol. The minimum absolute atomic E-state index is 0.224. The molecule has 0 spiro atoms. The lowest BCUT2D eigenvalue weighted by atomic mass is 10.0. The molecule has 3 rings (SSSR count). The van der Waals surface area contributed by atoms with Crippen molar-refractivity contribution in [2.75, 3.05) is 18.6 Å². The molecule has 0 saturated carbocycles. The summed E-state index contributed by atoms with van der Waals surface area (Å²) < 4.78 is 18.7. The number of methoxy groups -OCH3 is 1. The van der Waals surface area contributed by atoms with Crippen LogP contribution in [0.1, 0.15) is 22.3 Å². The summed E-state index contributed by atoms with van der Waals surface area (Å²) in [7, 11) is 1.48. The number of rotatable bonds is 2. The highest BCUT2D eigenvalue weighted by atomic mass is 19.1. The predicted octanol–water partition coefficient (Wildman–Crippen LogP) is 3.43. The van der Waals surface area contributed by atoms with Crippen LogP contribution in [0.5, 0.6) is 5.75 Å². The van der Waals surface area contributed by atoms with Crippen LogP contribution in [0, 0.1) is 5.82 Å². The molecule has 3 nitrogen and oxygen atoms in total. The number of aryl methyl sites for hydroxylation is 1. The van der Waals surface area contributed by atoms with E-state index in [4.69, 9.17) is 4.74 Å². The zero-order valence-corrected chi connectivity index (χ0v) is 11.8. The lowest BCUT2D eigenvalue weighted by molar-refractivity contribution is 0.0981. The maximum absolute atomic E-state index is 13.5. The van der Waals surface area contributed by atoms with Crippen LogP contribution in [0.25, 0.3) is 0 Å². The molecule has 21 heavy (non-hydrogen) atoms. The number of para-hydroxylation sites is 1. The fourth-order valence-electron chi connectivity index (χ4n) is 2.74. The van der Waals surface area contributed by atoms with E-state index in [1.165, 1.54) is 25.3 Å². The number of carbonyl (C=O) groups is 1. The average Bonchev–Trinajstić information content (AvgIpc) is 2.53. The van der Waals surface area contributed by atoms with Crippen LogP contribution < -0.4 is 9.64 Å². The summed E-state index contributed by atoms with van der Waals surface area (Å²) in [6.07, 6.45) is 1.86. The molecule has 0 bridgehead atoms. The van der Waals surface area contributed by atoms with E-state index in [2.05, 4.69) is 0 Å². The van der Waals surface area contributed by atoms with Gasteiger partial charge in [-0.1, -0.05) is 18.2 Å². The van der Waals surface area contributed by atoms with Gasteiger partial charge < -0.3 is 9.64 Å². The first kappa shape index (κ1) is 13.6. The third kappa shape index (κ3) is 2.49. The maximum atomic E-state index is 13.5. The van der Waals surface area contributed by atoms with Crippen LogP contribution in [0.15, 0.2) is 42.5 Å². The quantitative estimate of drug-likeness (QED) is 0.846. The van der Waals surface area contributed by atoms with Crippen molar-refractivity contribution in [1.82, 2.24) is 0 Å². The summed E-state index contributed by atoms with van der Waals surface area (Å²) in [5.41, 5.74) is 2.31. The van der Waals surface area contributed by atoms with E-state index in [-0.39, 0.29) is 11.5 Å². The van der Waals surface area contributed by atoms with E-state index in [9.17, 15) is 9.18 Å². The third-order valence-corrected chi connectivity index (χ3v) is 3.75. The van der Waals surface area contributed by atoms with E-state index in [1.807, 2.05) is 24.3 Å². The Bertz CT molecular complexity index is 684. The molecule has 0 radical (unpaired) electrons. The molecule has 0 N–H and O–H groups in total. The molecule has 0 unspecified atom stereocenters. The Morgan fingerprint density at radius 1 is 1.24 bits per heavy atom. The van der Waals surface area contributed by atoms with Gasteiger partial charge in [-0.25, -0.2) is 4.39 Å². The van der Waals surface area contributed by atoms with Gasteiger partial charge in [0.25, 0.3) is 5.91 Å². The Morgan fingerprint density at radius 2 is 2.05 bits per heavy atom. The minimum Gasteiger partial charge on any atom is -0.496 e. The molecular formula is C17H16FNO2. The molecule has 4 heteroatoms. The fourth-order valence-corrected chi connectivity index (χ4v) is 2.74. The summed E-state index contributed by atoms with van der Waals surface area (Å²) >= 11 is 0. The van der Waals surface area contributed by atoms with Crippen LogP contribution in [-0.2, 0) is 6.42 Å². The lowest BCUT2D eigenvalue weighted by Crippen LogP contribution is -2.35. The molecule has 2 aromatic carbocycles. The van der Waals surface area contributed by atoms with E-state index in [0.29, 0.717) is 12.3 Å². The van der Waals surface area contributed by atoms with Crippen molar-refractivity contribution in [1.29, 1.82) is 0 Å². The molecule has 0 atom stereocenters. The number of hydrogen-bond donors (Lipinski definition) is 0. The molecule has 0 saturated heterocycles. The summed E-state index contributed by atoms with van der Waals surface area (Å²) in [6, 6.07) is 11.8. The normalized spacial score (nSPS) is 13.7. The van der Waals surface area contributed by atoms with Crippen molar-refractivity contribution in [2.45, 2.75) is 12.8 Å². The number of nitrogens with zero attached hydrogens (tertiary/aromatic N) is 1. The molecule has 1 amide bonds. The summed E-state index contributed by atoms with van der Waals surface area (Å²) in [4.78, 5) is 14.5. The molecule has 1 heterocycles. The zero-order chi connectivity index (χ0) is 14.8. The number of ether oxygens (including phenoxy) is 1. The van der Waals surface area contributed by atoms with Crippen molar-refractivity contribution in [3.63, 3.8) is 0 Å². The van der Waals surface area contributed by atoms with Crippen molar-refractivity contribution >= 4 is 11.6 Å². The van der Waals surface area contributed by atoms with Gasteiger partial charge in [0.2, 0.25) is 0 Å². The molecule has 2 aromatic rings. The topological polar surface area (TPSA) is 29.5 Å². The van der Waals surface area contributed by atoms with Gasteiger partial charge in [0.1, 0.15) is 11.6 Å². The Balaban J connectivity index is 2.02. The molecular weight excluding hydrogens is 269 g/mol. The first-order chi connectivity index (χ1) is 10.2. The number of benzene rings is 2. The van der Waals surface area contributed by atoms with E-state index in [0.717, 1.165) is 24.1 Å². The standard InChI is InChI=1S/C17H16FNO2/c1-21-16-9-8-13(18)11-14(16)17(20)19-10-4-6-12-5-2-3-7-15(12)19/h2-3,5,7-9,11H,4,6,10H2,1H3. The largest absolute Gasteiger partial charge is 0.496 e. The first-order valence-corrected chi connectivity index (χ1v) is 6.94. The second-order valence-electron chi connectivity index (χ2n) is 5.03. The molecule has 0 aromatic heterocycles. The van der Waals surface area contributed by atoms with E-state index in [1.54, 1.807) is 4.90 Å². The first-order valence-electron chi connectivity index (χ1n) is 6.94. The van der Waals surface area contributed by atoms with Crippen molar-refractivity contribution in [2.24, 2.45) is 0 Å². The number of anilines is 1. The number of carbonyl (C=O) groups excluding carboxylic acids is 1. The Kier molecular flexibility index (Phi) is 3.60. The third-order valence-electron chi connectivity index (χ3n) is 3.75. The highest BCUT2D eigenvalue weighted by molar-refractivity contribution is 6.08. The average molecular weight is 285 g/mol. The van der Waals surface area contributed by atoms with E-state index >= 15 is 0 Å². The lowest BCUT2D eigenvalue weighted by Gasteiger charge is -2.29. The van der Waals surface area contributed by atoms with Gasteiger partial charge in [0.15, 0.2) is 0 Å². The number of fused-ring (bicyclic) bond motifs is 1. The van der Waals surface area contributed by atoms with Crippen LogP contribution in [0.4, 0.5) is 10.1 Å². The van der Waals surface area contributed by atoms with Gasteiger partial charge >= 0.3 is 0 Å². The van der Waals surface area contributed by atoms with Crippen molar-refractivity contribution < 1.29 is 13.9 Å². The molecule has 108 valence electrons. The van der Waals surface area contributed by atoms with Gasteiger partial charge in [-0.2, -0.15) is 0 Å². The van der Waals surface area contributed by atoms with Gasteiger partial charge in [-0.3, -0.25) is 4.79 Å². The summed E-state index contributed by atoms with van der Waals surface area (Å²) in [5.74, 6) is -0.271. The maximum Gasteiger partial charge on any atom is 0.262 e. The second kappa shape index (κ2) is 5.56. The minimum atomic E-state index is -0.440. The van der Waals surface area contributed by atoms with Gasteiger partial charge in [0.05, 0.1) is 12.7 Å². The Morgan fingerprint density at radius 3 is 2.86 bits per heavy atom. The summed E-state index contributed by atoms with van der Waals surface area (Å²) in [5, 5.41) is 0. The monoisotopic (exact) mass is 285 g/mol. The second-order valence-corrected chi connectivity index (χ2v) is 5.03. The van der Waals surface area contributed by atoms with Crippen LogP contribution in [0.3, 0.4) is 0 Å². The Hall–Kier alpha value is -2.36. The van der Waals surface area contributed by atoms with Gasteiger partial charge in [-0.05, 0) is 42.7 Å². The van der Waals surface area contributed by atoms with Crippen LogP contribution in [-0.4, -0.2) is 19.6 Å². The number of hydrogen-bond acceptors (Lipinski definition) is 2. The van der Waals surface area contributed by atoms with Gasteiger partial charge in [0, 0.05) is 12.2 Å². The highest BCUT2D eigenvalue weighted by Gasteiger charge is 2.25. The smallest absolute Gasteiger partial charge is 0.262 e. The van der Waals surface area contributed by atoms with E-state index < -0.39 is 5.82 Å². The molecule has 1 aliphatic heterocycles. The summed E-state index contributed by atoms with van der Waals surface area (Å²) in [6.45, 7) is 0.634. The zero-order valence-electron chi connectivity index (χ0n) is 11.8. The highest BCUT2D eigenvalue weighted by Crippen LogP contribution is 2.30. The van der Waals surface area contributed by atoms with Crippen molar-refractivity contribution in [3.8, 4) is 5.75 Å². The SMILES string of the molecule is COc1ccc(F)cc1C(=O)N1CCCc2ccccc21. The van der Waals surface area contributed by atoms with Crippen LogP contribution >= 0.6 is 0 Å². The Labute approximate surface area is 123 Å². The molecule has 0 fully saturated rings.